The molecule has 0 saturated heterocycles. The van der Waals surface area contributed by atoms with E-state index in [9.17, 15) is 0 Å². The van der Waals surface area contributed by atoms with E-state index in [0.29, 0.717) is 17.8 Å². The van der Waals surface area contributed by atoms with Gasteiger partial charge in [0.1, 0.15) is 0 Å². The van der Waals surface area contributed by atoms with Crippen molar-refractivity contribution in [1.82, 2.24) is 0 Å². The first-order valence-corrected chi connectivity index (χ1v) is 3.26. The molecule has 0 atom stereocenters. The summed E-state index contributed by atoms with van der Waals surface area (Å²) in [4.78, 5) is 0. The standard InChI is InChI=1S/C8H9N3/c9-4-6-1-2-8(11)3-7(6)5-10/h1-3H,4,9,11H2. The Bertz CT molecular complexity index is 299. The quantitative estimate of drug-likeness (QED) is 0.571. The van der Waals surface area contributed by atoms with E-state index < -0.39 is 0 Å². The molecule has 3 heteroatoms. The second-order valence-corrected chi connectivity index (χ2v) is 2.23. The number of anilines is 1. The lowest BCUT2D eigenvalue weighted by Gasteiger charge is -1.99. The molecule has 11 heavy (non-hydrogen) atoms. The number of nitrogens with zero attached hydrogens (tertiary/aromatic N) is 1. The smallest absolute Gasteiger partial charge is 0.0995 e. The van der Waals surface area contributed by atoms with Crippen LogP contribution in [0.25, 0.3) is 0 Å². The summed E-state index contributed by atoms with van der Waals surface area (Å²) in [5.41, 5.74) is 12.8. The SMILES string of the molecule is N#Cc1cc(N)ccc1CN. The molecule has 0 aromatic heterocycles. The second-order valence-electron chi connectivity index (χ2n) is 2.23. The van der Waals surface area contributed by atoms with Gasteiger partial charge in [0.15, 0.2) is 0 Å². The first kappa shape index (κ1) is 7.58. The zero-order valence-corrected chi connectivity index (χ0v) is 6.04. The molecular weight excluding hydrogens is 138 g/mol. The van der Waals surface area contributed by atoms with Crippen LogP contribution in [0, 0.1) is 11.3 Å². The molecule has 0 heterocycles. The Balaban J connectivity index is 3.19. The fourth-order valence-electron chi connectivity index (χ4n) is 0.876. The van der Waals surface area contributed by atoms with Gasteiger partial charge >= 0.3 is 0 Å². The van der Waals surface area contributed by atoms with Crippen molar-refractivity contribution in [2.45, 2.75) is 6.54 Å². The number of benzene rings is 1. The average molecular weight is 147 g/mol. The third-order valence-electron chi connectivity index (χ3n) is 1.47. The lowest BCUT2D eigenvalue weighted by Crippen LogP contribution is -2.00. The van der Waals surface area contributed by atoms with Crippen LogP contribution >= 0.6 is 0 Å². The predicted octanol–water partition coefficient (Wildman–Crippen LogP) is 0.599. The minimum atomic E-state index is 0.378. The van der Waals surface area contributed by atoms with Gasteiger partial charge < -0.3 is 11.5 Å². The van der Waals surface area contributed by atoms with Gasteiger partial charge in [0.25, 0.3) is 0 Å². The fourth-order valence-corrected chi connectivity index (χ4v) is 0.876. The molecule has 4 N–H and O–H groups in total. The third kappa shape index (κ3) is 1.48. The van der Waals surface area contributed by atoms with Crippen molar-refractivity contribution < 1.29 is 0 Å². The van der Waals surface area contributed by atoms with Crippen molar-refractivity contribution in [3.05, 3.63) is 29.3 Å². The first-order chi connectivity index (χ1) is 5.27. The van der Waals surface area contributed by atoms with Gasteiger partial charge in [-0.3, -0.25) is 0 Å². The van der Waals surface area contributed by atoms with E-state index in [1.165, 1.54) is 0 Å². The van der Waals surface area contributed by atoms with E-state index in [4.69, 9.17) is 16.7 Å². The van der Waals surface area contributed by atoms with Crippen LogP contribution < -0.4 is 11.5 Å². The molecule has 0 radical (unpaired) electrons. The molecule has 0 amide bonds. The van der Waals surface area contributed by atoms with Crippen molar-refractivity contribution in [3.63, 3.8) is 0 Å². The van der Waals surface area contributed by atoms with Crippen LogP contribution in [-0.4, -0.2) is 0 Å². The highest BCUT2D eigenvalue weighted by atomic mass is 14.6. The summed E-state index contributed by atoms with van der Waals surface area (Å²) in [6, 6.07) is 7.17. The van der Waals surface area contributed by atoms with E-state index in [1.54, 1.807) is 18.2 Å². The maximum Gasteiger partial charge on any atom is 0.0995 e. The Morgan fingerprint density at radius 1 is 1.45 bits per heavy atom. The summed E-state index contributed by atoms with van der Waals surface area (Å²) in [7, 11) is 0. The minimum absolute atomic E-state index is 0.378. The van der Waals surface area contributed by atoms with Crippen molar-refractivity contribution in [3.8, 4) is 6.07 Å². The Hall–Kier alpha value is -1.53. The summed E-state index contributed by atoms with van der Waals surface area (Å²) >= 11 is 0. The highest BCUT2D eigenvalue weighted by Crippen LogP contribution is 2.11. The van der Waals surface area contributed by atoms with Gasteiger partial charge in [-0.2, -0.15) is 5.26 Å². The lowest BCUT2D eigenvalue weighted by molar-refractivity contribution is 1.06. The van der Waals surface area contributed by atoms with Gasteiger partial charge in [0.05, 0.1) is 11.6 Å². The number of nitriles is 1. The van der Waals surface area contributed by atoms with Gasteiger partial charge in [-0.25, -0.2) is 0 Å². The lowest BCUT2D eigenvalue weighted by atomic mass is 10.1. The van der Waals surface area contributed by atoms with Gasteiger partial charge in [-0.1, -0.05) is 6.07 Å². The molecule has 0 bridgehead atoms. The van der Waals surface area contributed by atoms with E-state index in [2.05, 4.69) is 0 Å². The highest BCUT2D eigenvalue weighted by molar-refractivity contribution is 5.49. The number of nitrogen functional groups attached to an aromatic ring is 1. The monoisotopic (exact) mass is 147 g/mol. The summed E-state index contributed by atoms with van der Waals surface area (Å²) in [5.74, 6) is 0. The van der Waals surface area contributed by atoms with Gasteiger partial charge in [0, 0.05) is 12.2 Å². The van der Waals surface area contributed by atoms with Crippen LogP contribution in [0.3, 0.4) is 0 Å². The molecule has 0 saturated carbocycles. The molecular formula is C8H9N3. The zero-order valence-electron chi connectivity index (χ0n) is 6.04. The molecule has 0 aliphatic carbocycles. The van der Waals surface area contributed by atoms with Crippen molar-refractivity contribution in [2.24, 2.45) is 5.73 Å². The third-order valence-corrected chi connectivity index (χ3v) is 1.47. The largest absolute Gasteiger partial charge is 0.399 e. The Labute approximate surface area is 65.2 Å². The Morgan fingerprint density at radius 2 is 2.18 bits per heavy atom. The van der Waals surface area contributed by atoms with Gasteiger partial charge in [0.2, 0.25) is 0 Å². The second kappa shape index (κ2) is 3.04. The van der Waals surface area contributed by atoms with Crippen LogP contribution in [0.1, 0.15) is 11.1 Å². The first-order valence-electron chi connectivity index (χ1n) is 3.26. The van der Waals surface area contributed by atoms with Crippen LogP contribution in [-0.2, 0) is 6.54 Å². The number of rotatable bonds is 1. The van der Waals surface area contributed by atoms with Crippen LogP contribution in [0.4, 0.5) is 5.69 Å². The molecule has 0 spiro atoms. The number of hydrogen-bond donors (Lipinski definition) is 2. The maximum absolute atomic E-state index is 8.61. The van der Waals surface area contributed by atoms with Crippen molar-refractivity contribution in [1.29, 1.82) is 5.26 Å². The van der Waals surface area contributed by atoms with Gasteiger partial charge in [-0.15, -0.1) is 0 Å². The Morgan fingerprint density at radius 3 is 2.73 bits per heavy atom. The van der Waals surface area contributed by atoms with E-state index in [1.807, 2.05) is 6.07 Å². The van der Waals surface area contributed by atoms with E-state index >= 15 is 0 Å². The van der Waals surface area contributed by atoms with Crippen LogP contribution in [0.15, 0.2) is 18.2 Å². The predicted molar refractivity (Wildman–Crippen MR) is 43.5 cm³/mol. The zero-order chi connectivity index (χ0) is 8.27. The molecule has 56 valence electrons. The molecule has 1 aromatic rings. The number of nitrogens with two attached hydrogens (primary N) is 2. The van der Waals surface area contributed by atoms with E-state index in [0.717, 1.165) is 5.56 Å². The molecule has 1 rings (SSSR count). The Kier molecular flexibility index (Phi) is 2.09. The summed E-state index contributed by atoms with van der Waals surface area (Å²) in [6.45, 7) is 0.378. The summed E-state index contributed by atoms with van der Waals surface area (Å²) in [6.07, 6.45) is 0. The molecule has 0 aliphatic heterocycles. The van der Waals surface area contributed by atoms with Crippen LogP contribution in [0.2, 0.25) is 0 Å². The maximum atomic E-state index is 8.61. The average Bonchev–Trinajstić information content (AvgIpc) is 2.04. The van der Waals surface area contributed by atoms with E-state index in [-0.39, 0.29) is 0 Å². The van der Waals surface area contributed by atoms with Crippen molar-refractivity contribution >= 4 is 5.69 Å². The minimum Gasteiger partial charge on any atom is -0.399 e. The van der Waals surface area contributed by atoms with Crippen LogP contribution in [0.5, 0.6) is 0 Å². The molecule has 0 aliphatic rings. The topological polar surface area (TPSA) is 75.8 Å². The van der Waals surface area contributed by atoms with Crippen molar-refractivity contribution in [2.75, 3.05) is 5.73 Å². The fraction of sp³-hybridized carbons (Fsp3) is 0.125. The molecule has 0 fully saturated rings. The molecule has 0 unspecified atom stereocenters. The normalized spacial score (nSPS) is 9.09. The summed E-state index contributed by atoms with van der Waals surface area (Å²) < 4.78 is 0. The van der Waals surface area contributed by atoms with Gasteiger partial charge in [-0.05, 0) is 17.7 Å². The molecule has 1 aromatic carbocycles. The number of hydrogen-bond acceptors (Lipinski definition) is 3. The molecule has 3 nitrogen and oxygen atoms in total. The highest BCUT2D eigenvalue weighted by Gasteiger charge is 1.98. The summed E-state index contributed by atoms with van der Waals surface area (Å²) in [5, 5.41) is 8.61.